The predicted octanol–water partition coefficient (Wildman–Crippen LogP) is 1.05. The van der Waals surface area contributed by atoms with Gasteiger partial charge in [0, 0.05) is 24.6 Å². The van der Waals surface area contributed by atoms with Crippen LogP contribution in [0, 0.1) is 5.92 Å². The van der Waals surface area contributed by atoms with Gasteiger partial charge in [-0.25, -0.2) is 0 Å². The van der Waals surface area contributed by atoms with Gasteiger partial charge in [0.1, 0.15) is 0 Å². The summed E-state index contributed by atoms with van der Waals surface area (Å²) in [5.41, 5.74) is 0. The summed E-state index contributed by atoms with van der Waals surface area (Å²) in [4.78, 5) is 22.2. The van der Waals surface area contributed by atoms with Crippen LogP contribution < -0.4 is 10.6 Å². The number of rotatable bonds is 8. The molecule has 0 aliphatic carbocycles. The molecule has 1 saturated heterocycles. The van der Waals surface area contributed by atoms with Crippen molar-refractivity contribution in [3.05, 3.63) is 0 Å². The van der Waals surface area contributed by atoms with Crippen LogP contribution in [0.25, 0.3) is 0 Å². The molecule has 1 rings (SSSR count). The zero-order valence-electron chi connectivity index (χ0n) is 10.8. The van der Waals surface area contributed by atoms with Crippen LogP contribution in [0.4, 0.5) is 0 Å². The van der Waals surface area contributed by atoms with E-state index in [2.05, 4.69) is 17.6 Å². The van der Waals surface area contributed by atoms with Crippen LogP contribution in [0.5, 0.6) is 0 Å². The van der Waals surface area contributed by atoms with E-state index in [1.165, 1.54) is 0 Å². The summed E-state index contributed by atoms with van der Waals surface area (Å²) in [5.74, 6) is 1.38. The molecule has 1 fully saturated rings. The van der Waals surface area contributed by atoms with E-state index in [1.807, 2.05) is 0 Å². The van der Waals surface area contributed by atoms with Gasteiger partial charge in [0.15, 0.2) is 0 Å². The van der Waals surface area contributed by atoms with Crippen LogP contribution in [0.15, 0.2) is 0 Å². The van der Waals surface area contributed by atoms with Gasteiger partial charge in [-0.2, -0.15) is 0 Å². The van der Waals surface area contributed by atoms with Gasteiger partial charge in [-0.05, 0) is 18.8 Å². The van der Waals surface area contributed by atoms with Gasteiger partial charge in [0.25, 0.3) is 0 Å². The predicted molar refractivity (Wildman–Crippen MR) is 72.5 cm³/mol. The van der Waals surface area contributed by atoms with Gasteiger partial charge in [0.2, 0.25) is 5.91 Å². The monoisotopic (exact) mass is 274 g/mol. The number of aliphatic carboxylic acids is 1. The molecule has 5 nitrogen and oxygen atoms in total. The molecule has 1 heterocycles. The van der Waals surface area contributed by atoms with Crippen molar-refractivity contribution in [1.29, 1.82) is 0 Å². The van der Waals surface area contributed by atoms with Crippen molar-refractivity contribution in [2.45, 2.75) is 38.6 Å². The lowest BCUT2D eigenvalue weighted by Crippen LogP contribution is -2.42. The maximum Gasteiger partial charge on any atom is 0.303 e. The molecule has 0 bridgehead atoms. The molecule has 18 heavy (non-hydrogen) atoms. The number of amides is 1. The van der Waals surface area contributed by atoms with Gasteiger partial charge >= 0.3 is 5.97 Å². The molecule has 0 aromatic rings. The fourth-order valence-electron chi connectivity index (χ4n) is 1.97. The Morgan fingerprint density at radius 1 is 1.50 bits per heavy atom. The van der Waals surface area contributed by atoms with E-state index >= 15 is 0 Å². The molecule has 104 valence electrons. The summed E-state index contributed by atoms with van der Waals surface area (Å²) >= 11 is 1.73. The molecule has 3 N–H and O–H groups in total. The smallest absolute Gasteiger partial charge is 0.303 e. The Balaban J connectivity index is 2.14. The number of carboxylic acid groups (broad SMARTS) is 1. The number of carbonyl (C=O) groups excluding carboxylic acids is 1. The maximum atomic E-state index is 11.7. The summed E-state index contributed by atoms with van der Waals surface area (Å²) in [6.45, 7) is 2.70. The van der Waals surface area contributed by atoms with Crippen LogP contribution in [0.2, 0.25) is 0 Å². The van der Waals surface area contributed by atoms with Gasteiger partial charge < -0.3 is 10.4 Å². The summed E-state index contributed by atoms with van der Waals surface area (Å²) in [6.07, 6.45) is 2.72. The van der Waals surface area contributed by atoms with Crippen LogP contribution >= 0.6 is 11.8 Å². The SMILES string of the molecule is CCC(CCNC(=O)C1CSCN1)CCC(=O)O. The molecule has 6 heteroatoms. The zero-order chi connectivity index (χ0) is 13.4. The summed E-state index contributed by atoms with van der Waals surface area (Å²) in [6, 6.07) is -0.0610. The lowest BCUT2D eigenvalue weighted by Gasteiger charge is -2.15. The first-order chi connectivity index (χ1) is 8.63. The Morgan fingerprint density at radius 2 is 2.28 bits per heavy atom. The van der Waals surface area contributed by atoms with E-state index in [4.69, 9.17) is 5.11 Å². The van der Waals surface area contributed by atoms with Crippen LogP contribution in [0.1, 0.15) is 32.6 Å². The molecule has 0 radical (unpaired) electrons. The molecule has 0 spiro atoms. The molecule has 1 aliphatic heterocycles. The summed E-state index contributed by atoms with van der Waals surface area (Å²) in [7, 11) is 0. The van der Waals surface area contributed by atoms with E-state index in [9.17, 15) is 9.59 Å². The Labute approximate surface area is 112 Å². The van der Waals surface area contributed by atoms with Crippen molar-refractivity contribution < 1.29 is 14.7 Å². The Kier molecular flexibility index (Phi) is 7.12. The molecule has 2 unspecified atom stereocenters. The van der Waals surface area contributed by atoms with Gasteiger partial charge in [-0.3, -0.25) is 14.9 Å². The number of thioether (sulfide) groups is 1. The van der Waals surface area contributed by atoms with Gasteiger partial charge in [0.05, 0.1) is 6.04 Å². The third-order valence-electron chi connectivity index (χ3n) is 3.23. The van der Waals surface area contributed by atoms with Crippen LogP contribution in [-0.4, -0.2) is 41.2 Å². The largest absolute Gasteiger partial charge is 0.481 e. The quantitative estimate of drug-likeness (QED) is 0.616. The average molecular weight is 274 g/mol. The third kappa shape index (κ3) is 5.73. The van der Waals surface area contributed by atoms with Crippen molar-refractivity contribution in [3.63, 3.8) is 0 Å². The first-order valence-electron chi connectivity index (χ1n) is 6.44. The zero-order valence-corrected chi connectivity index (χ0v) is 11.6. The van der Waals surface area contributed by atoms with E-state index in [-0.39, 0.29) is 18.4 Å². The molecule has 2 atom stereocenters. The lowest BCUT2D eigenvalue weighted by molar-refractivity contribution is -0.137. The fourth-order valence-corrected chi connectivity index (χ4v) is 2.91. The number of carboxylic acids is 1. The normalized spacial score (nSPS) is 20.6. The summed E-state index contributed by atoms with van der Waals surface area (Å²) < 4.78 is 0. The Bertz CT molecular complexity index is 280. The second-order valence-corrected chi connectivity index (χ2v) is 5.59. The van der Waals surface area contributed by atoms with E-state index in [0.717, 1.165) is 24.5 Å². The minimum absolute atomic E-state index is 0.0610. The average Bonchev–Trinajstić information content (AvgIpc) is 2.86. The van der Waals surface area contributed by atoms with Crippen LogP contribution in [-0.2, 0) is 9.59 Å². The lowest BCUT2D eigenvalue weighted by atomic mass is 9.96. The fraction of sp³-hybridized carbons (Fsp3) is 0.833. The highest BCUT2D eigenvalue weighted by Crippen LogP contribution is 2.15. The number of nitrogens with one attached hydrogen (secondary N) is 2. The first kappa shape index (κ1) is 15.3. The third-order valence-corrected chi connectivity index (χ3v) is 4.17. The van der Waals surface area contributed by atoms with E-state index in [1.54, 1.807) is 11.8 Å². The molecule has 0 aromatic carbocycles. The van der Waals surface area contributed by atoms with Crippen molar-refractivity contribution in [2.24, 2.45) is 5.92 Å². The second-order valence-electron chi connectivity index (χ2n) is 4.56. The van der Waals surface area contributed by atoms with Gasteiger partial charge in [-0.1, -0.05) is 13.3 Å². The molecular formula is C12H22N2O3S. The van der Waals surface area contributed by atoms with E-state index in [0.29, 0.717) is 18.9 Å². The highest BCUT2D eigenvalue weighted by Gasteiger charge is 2.22. The Morgan fingerprint density at radius 3 is 2.83 bits per heavy atom. The van der Waals surface area contributed by atoms with Crippen molar-refractivity contribution in [3.8, 4) is 0 Å². The van der Waals surface area contributed by atoms with Crippen LogP contribution in [0.3, 0.4) is 0 Å². The number of carbonyl (C=O) groups is 2. The topological polar surface area (TPSA) is 78.4 Å². The highest BCUT2D eigenvalue weighted by atomic mass is 32.2. The molecule has 0 saturated carbocycles. The minimum atomic E-state index is -0.746. The first-order valence-corrected chi connectivity index (χ1v) is 7.59. The standard InChI is InChI=1S/C12H22N2O3S/c1-2-9(3-4-11(15)16)5-6-13-12(17)10-7-18-8-14-10/h9-10,14H,2-8H2,1H3,(H,13,17)(H,15,16). The molecule has 1 amide bonds. The number of hydrogen-bond donors (Lipinski definition) is 3. The Hall–Kier alpha value is -0.750. The molecular weight excluding hydrogens is 252 g/mol. The van der Waals surface area contributed by atoms with E-state index < -0.39 is 5.97 Å². The highest BCUT2D eigenvalue weighted by molar-refractivity contribution is 7.99. The second kappa shape index (κ2) is 8.37. The minimum Gasteiger partial charge on any atom is -0.481 e. The molecule has 0 aromatic heterocycles. The van der Waals surface area contributed by atoms with Crippen molar-refractivity contribution in [2.75, 3.05) is 18.2 Å². The van der Waals surface area contributed by atoms with Crippen molar-refractivity contribution >= 4 is 23.6 Å². The summed E-state index contributed by atoms with van der Waals surface area (Å²) in [5, 5.41) is 14.7. The van der Waals surface area contributed by atoms with Crippen molar-refractivity contribution in [1.82, 2.24) is 10.6 Å². The number of hydrogen-bond acceptors (Lipinski definition) is 4. The van der Waals surface area contributed by atoms with Gasteiger partial charge in [-0.15, -0.1) is 11.8 Å². The maximum absolute atomic E-state index is 11.7. The molecule has 1 aliphatic rings.